The van der Waals surface area contributed by atoms with Gasteiger partial charge in [0.15, 0.2) is 0 Å². The minimum atomic E-state index is -0.430. The third kappa shape index (κ3) is 1.86. The maximum atomic E-state index is 11.0. The lowest BCUT2D eigenvalue weighted by Gasteiger charge is -2.10. The summed E-state index contributed by atoms with van der Waals surface area (Å²) < 4.78 is 0. The number of aryl methyl sites for hydroxylation is 1. The van der Waals surface area contributed by atoms with Crippen LogP contribution in [0.1, 0.15) is 13.8 Å². The standard InChI is InChI=1S/C6H9N5O2/c1-4(12)11(5(2)13)6-7-9-10(3)8-6/h1-3H3. The summed E-state index contributed by atoms with van der Waals surface area (Å²) in [6, 6.07) is 0. The second-order valence-electron chi connectivity index (χ2n) is 2.45. The van der Waals surface area contributed by atoms with Crippen molar-refractivity contribution in [3.8, 4) is 0 Å². The summed E-state index contributed by atoms with van der Waals surface area (Å²) in [7, 11) is 1.55. The number of imide groups is 1. The molecule has 7 heteroatoms. The van der Waals surface area contributed by atoms with Crippen molar-refractivity contribution in [2.24, 2.45) is 7.05 Å². The van der Waals surface area contributed by atoms with Crippen LogP contribution in [0.3, 0.4) is 0 Å². The smallest absolute Gasteiger partial charge is 0.274 e. The summed E-state index contributed by atoms with van der Waals surface area (Å²) in [5.41, 5.74) is 0. The molecule has 1 aromatic rings. The zero-order valence-electron chi connectivity index (χ0n) is 7.55. The van der Waals surface area contributed by atoms with Gasteiger partial charge in [0.25, 0.3) is 5.95 Å². The van der Waals surface area contributed by atoms with Crippen LogP contribution in [0.15, 0.2) is 0 Å². The molecule has 2 amide bonds. The van der Waals surface area contributed by atoms with Gasteiger partial charge in [0.05, 0.1) is 7.05 Å². The van der Waals surface area contributed by atoms with Crippen molar-refractivity contribution < 1.29 is 9.59 Å². The molecule has 0 saturated heterocycles. The Kier molecular flexibility index (Phi) is 2.36. The molecule has 7 nitrogen and oxygen atoms in total. The first-order valence-corrected chi connectivity index (χ1v) is 3.57. The fourth-order valence-electron chi connectivity index (χ4n) is 0.867. The Hall–Kier alpha value is -1.79. The van der Waals surface area contributed by atoms with Gasteiger partial charge in [-0.15, -0.1) is 5.10 Å². The highest BCUT2D eigenvalue weighted by atomic mass is 16.2. The third-order valence-electron chi connectivity index (χ3n) is 1.33. The number of carbonyl (C=O) groups excluding carboxylic acids is 2. The van der Waals surface area contributed by atoms with Crippen molar-refractivity contribution in [1.82, 2.24) is 20.2 Å². The lowest BCUT2D eigenvalue weighted by atomic mass is 10.5. The molecule has 0 aliphatic heterocycles. The number of amides is 2. The van der Waals surface area contributed by atoms with Crippen LogP contribution < -0.4 is 4.90 Å². The number of aromatic nitrogens is 4. The van der Waals surface area contributed by atoms with Crippen LogP contribution >= 0.6 is 0 Å². The van der Waals surface area contributed by atoms with Gasteiger partial charge in [0.2, 0.25) is 11.8 Å². The van der Waals surface area contributed by atoms with Crippen LogP contribution in [0.25, 0.3) is 0 Å². The van der Waals surface area contributed by atoms with E-state index in [1.807, 2.05) is 0 Å². The first kappa shape index (κ1) is 9.30. The molecule has 0 radical (unpaired) electrons. The average Bonchev–Trinajstić information content (AvgIpc) is 2.34. The minimum absolute atomic E-state index is 0.00231. The zero-order chi connectivity index (χ0) is 10.0. The van der Waals surface area contributed by atoms with Crippen LogP contribution in [0.5, 0.6) is 0 Å². The van der Waals surface area contributed by atoms with E-state index in [1.54, 1.807) is 7.05 Å². The van der Waals surface area contributed by atoms with E-state index in [0.717, 1.165) is 4.90 Å². The van der Waals surface area contributed by atoms with Crippen molar-refractivity contribution >= 4 is 17.8 Å². The molecule has 0 N–H and O–H groups in total. The second-order valence-corrected chi connectivity index (χ2v) is 2.45. The lowest BCUT2D eigenvalue weighted by molar-refractivity contribution is -0.124. The Balaban J connectivity index is 3.02. The van der Waals surface area contributed by atoms with Crippen molar-refractivity contribution in [2.45, 2.75) is 13.8 Å². The Morgan fingerprint density at radius 3 is 2.15 bits per heavy atom. The third-order valence-corrected chi connectivity index (χ3v) is 1.33. The molecule has 0 bridgehead atoms. The van der Waals surface area contributed by atoms with Gasteiger partial charge < -0.3 is 0 Å². The van der Waals surface area contributed by atoms with Crippen LogP contribution in [0, 0.1) is 0 Å². The molecule has 0 atom stereocenters. The Labute approximate surface area is 74.3 Å². The zero-order valence-corrected chi connectivity index (χ0v) is 7.55. The van der Waals surface area contributed by atoms with Crippen LogP contribution in [0.4, 0.5) is 5.95 Å². The molecule has 0 aliphatic rings. The molecule has 70 valence electrons. The number of hydrogen-bond donors (Lipinski definition) is 0. The van der Waals surface area contributed by atoms with E-state index < -0.39 is 11.8 Å². The second kappa shape index (κ2) is 3.30. The van der Waals surface area contributed by atoms with Crippen LogP contribution in [-0.4, -0.2) is 32.0 Å². The summed E-state index contributed by atoms with van der Waals surface area (Å²) in [5.74, 6) is -0.858. The Morgan fingerprint density at radius 1 is 1.31 bits per heavy atom. The number of nitrogens with zero attached hydrogens (tertiary/aromatic N) is 5. The number of rotatable bonds is 1. The first-order valence-electron chi connectivity index (χ1n) is 3.57. The Bertz CT molecular complexity index is 331. The first-order chi connectivity index (χ1) is 6.02. The van der Waals surface area contributed by atoms with E-state index in [9.17, 15) is 9.59 Å². The van der Waals surface area contributed by atoms with Gasteiger partial charge in [-0.3, -0.25) is 9.59 Å². The van der Waals surface area contributed by atoms with Gasteiger partial charge in [-0.2, -0.15) is 4.80 Å². The number of carbonyl (C=O) groups is 2. The fraction of sp³-hybridized carbons (Fsp3) is 0.500. The van der Waals surface area contributed by atoms with E-state index in [-0.39, 0.29) is 5.95 Å². The molecular weight excluding hydrogens is 174 g/mol. The van der Waals surface area contributed by atoms with Gasteiger partial charge >= 0.3 is 0 Å². The molecule has 1 aromatic heterocycles. The quantitative estimate of drug-likeness (QED) is 0.564. The van der Waals surface area contributed by atoms with E-state index in [4.69, 9.17) is 0 Å². The van der Waals surface area contributed by atoms with Gasteiger partial charge in [0.1, 0.15) is 0 Å². The summed E-state index contributed by atoms with van der Waals surface area (Å²) in [6.07, 6.45) is 0. The SMILES string of the molecule is CC(=O)N(C(C)=O)c1nnn(C)n1. The molecule has 0 aromatic carbocycles. The Morgan fingerprint density at radius 2 is 1.85 bits per heavy atom. The van der Waals surface area contributed by atoms with E-state index in [2.05, 4.69) is 15.4 Å². The van der Waals surface area contributed by atoms with E-state index in [0.29, 0.717) is 0 Å². The summed E-state index contributed by atoms with van der Waals surface area (Å²) in [6.45, 7) is 2.52. The van der Waals surface area contributed by atoms with Gasteiger partial charge in [-0.05, 0) is 5.21 Å². The highest BCUT2D eigenvalue weighted by Crippen LogP contribution is 2.04. The summed E-state index contributed by atoms with van der Waals surface area (Å²) in [4.78, 5) is 24.0. The molecule has 1 heterocycles. The topological polar surface area (TPSA) is 81.0 Å². The molecule has 0 fully saturated rings. The highest BCUT2D eigenvalue weighted by molar-refractivity contribution is 6.11. The van der Waals surface area contributed by atoms with E-state index in [1.165, 1.54) is 18.6 Å². The van der Waals surface area contributed by atoms with Crippen LogP contribution in [0.2, 0.25) is 0 Å². The molecule has 0 saturated carbocycles. The van der Waals surface area contributed by atoms with Crippen LogP contribution in [-0.2, 0) is 16.6 Å². The molecule has 0 spiro atoms. The number of hydrogen-bond acceptors (Lipinski definition) is 5. The lowest BCUT2D eigenvalue weighted by Crippen LogP contribution is -2.34. The fourth-order valence-corrected chi connectivity index (χ4v) is 0.867. The van der Waals surface area contributed by atoms with Gasteiger partial charge in [0, 0.05) is 13.8 Å². The molecule has 0 unspecified atom stereocenters. The minimum Gasteiger partial charge on any atom is -0.274 e. The van der Waals surface area contributed by atoms with Crippen molar-refractivity contribution in [3.05, 3.63) is 0 Å². The average molecular weight is 183 g/mol. The van der Waals surface area contributed by atoms with Crippen molar-refractivity contribution in [1.29, 1.82) is 0 Å². The van der Waals surface area contributed by atoms with Gasteiger partial charge in [-0.1, -0.05) is 5.10 Å². The number of tetrazole rings is 1. The monoisotopic (exact) mass is 183 g/mol. The summed E-state index contributed by atoms with van der Waals surface area (Å²) in [5, 5.41) is 10.8. The summed E-state index contributed by atoms with van der Waals surface area (Å²) >= 11 is 0. The maximum Gasteiger partial charge on any atom is 0.279 e. The highest BCUT2D eigenvalue weighted by Gasteiger charge is 2.20. The normalized spacial score (nSPS) is 9.77. The molecule has 13 heavy (non-hydrogen) atoms. The van der Waals surface area contributed by atoms with Crippen molar-refractivity contribution in [2.75, 3.05) is 4.90 Å². The van der Waals surface area contributed by atoms with Gasteiger partial charge in [-0.25, -0.2) is 4.90 Å². The molecule has 0 aliphatic carbocycles. The van der Waals surface area contributed by atoms with Crippen molar-refractivity contribution in [3.63, 3.8) is 0 Å². The largest absolute Gasteiger partial charge is 0.279 e. The van der Waals surface area contributed by atoms with E-state index >= 15 is 0 Å². The molecular formula is C6H9N5O2. The number of anilines is 1. The predicted molar refractivity (Wildman–Crippen MR) is 42.6 cm³/mol. The molecule has 1 rings (SSSR count). The maximum absolute atomic E-state index is 11.0. The predicted octanol–water partition coefficient (Wildman–Crippen LogP) is -0.891.